The molecule has 2 unspecified atom stereocenters. The second kappa shape index (κ2) is 5.89. The first-order valence-corrected chi connectivity index (χ1v) is 7.45. The third-order valence-corrected chi connectivity index (χ3v) is 4.00. The molecule has 4 N–H and O–H groups in total. The first-order chi connectivity index (χ1) is 7.05. The topological polar surface area (TPSA) is 133 Å². The van der Waals surface area contributed by atoms with Crippen LogP contribution in [0.3, 0.4) is 0 Å². The summed E-state index contributed by atoms with van der Waals surface area (Å²) in [6.45, 7) is 2.75. The number of rotatable bonds is 7. The van der Waals surface area contributed by atoms with Gasteiger partial charge < -0.3 is 0 Å². The molecule has 0 aliphatic heterocycles. The van der Waals surface area contributed by atoms with Gasteiger partial charge in [-0.2, -0.15) is 16.8 Å². The van der Waals surface area contributed by atoms with Gasteiger partial charge in [-0.25, -0.2) is 0 Å². The molecule has 0 radical (unpaired) electrons. The van der Waals surface area contributed by atoms with Crippen LogP contribution < -0.4 is 10.6 Å². The fraction of sp³-hybridized carbons (Fsp3) is 1.00. The van der Waals surface area contributed by atoms with Crippen LogP contribution in [0, 0.1) is 0 Å². The van der Waals surface area contributed by atoms with Gasteiger partial charge in [0.15, 0.2) is 0 Å². The first kappa shape index (κ1) is 15.7. The molecule has 2 atom stereocenters. The van der Waals surface area contributed by atoms with Gasteiger partial charge in [0.05, 0.1) is 0 Å². The summed E-state index contributed by atoms with van der Waals surface area (Å²) in [5.41, 5.74) is 0. The van der Waals surface area contributed by atoms with Crippen LogP contribution >= 0.6 is 0 Å². The number of hydrogen-bond acceptors (Lipinski definition) is 6. The van der Waals surface area contributed by atoms with E-state index >= 15 is 0 Å². The second-order valence-corrected chi connectivity index (χ2v) is 6.70. The minimum Gasteiger partial charge on any atom is -0.298 e. The maximum absolute atomic E-state index is 10.6. The van der Waals surface area contributed by atoms with Crippen molar-refractivity contribution in [1.82, 2.24) is 10.6 Å². The smallest absolute Gasteiger partial charge is 0.280 e. The van der Waals surface area contributed by atoms with Crippen LogP contribution in [0.15, 0.2) is 0 Å². The summed E-state index contributed by atoms with van der Waals surface area (Å²) in [6.07, 6.45) is 0. The zero-order chi connectivity index (χ0) is 13.0. The lowest BCUT2D eigenvalue weighted by Crippen LogP contribution is -2.41. The van der Waals surface area contributed by atoms with Gasteiger partial charge in [0.2, 0.25) is 0 Å². The quantitative estimate of drug-likeness (QED) is 0.331. The van der Waals surface area contributed by atoms with Crippen LogP contribution in [0.4, 0.5) is 0 Å². The Morgan fingerprint density at radius 3 is 1.31 bits per heavy atom. The fourth-order valence-corrected chi connectivity index (χ4v) is 1.42. The molecule has 98 valence electrons. The van der Waals surface area contributed by atoms with E-state index in [4.69, 9.17) is 9.11 Å². The van der Waals surface area contributed by atoms with Crippen LogP contribution in [0.25, 0.3) is 0 Å². The van der Waals surface area contributed by atoms with Crippen LogP contribution in [0.1, 0.15) is 13.8 Å². The molecule has 0 rings (SSSR count). The molecule has 0 aliphatic carbocycles. The lowest BCUT2D eigenvalue weighted by Gasteiger charge is -2.13. The summed E-state index contributed by atoms with van der Waals surface area (Å²) in [4.78, 5) is 0. The molecule has 8 nitrogen and oxygen atoms in total. The highest BCUT2D eigenvalue weighted by molar-refractivity contribution is 7.86. The molecular weight excluding hydrogens is 260 g/mol. The minimum absolute atomic E-state index is 0.126. The Hall–Kier alpha value is -0.260. The number of nitrogens with one attached hydrogen (secondary N) is 2. The molecule has 16 heavy (non-hydrogen) atoms. The van der Waals surface area contributed by atoms with Crippen molar-refractivity contribution < 1.29 is 25.9 Å². The Bertz CT molecular complexity index is 363. The van der Waals surface area contributed by atoms with Crippen molar-refractivity contribution in [3.8, 4) is 0 Å². The van der Waals surface area contributed by atoms with Crippen molar-refractivity contribution in [3.05, 3.63) is 0 Å². The predicted octanol–water partition coefficient (Wildman–Crippen LogP) is -1.37. The molecular formula is C6H16N2O6S2. The molecule has 0 spiro atoms. The normalized spacial score (nSPS) is 17.0. The molecule has 0 aromatic rings. The summed E-state index contributed by atoms with van der Waals surface area (Å²) >= 11 is 0. The second-order valence-electron chi connectivity index (χ2n) is 3.22. The van der Waals surface area contributed by atoms with Gasteiger partial charge in [-0.15, -0.1) is 0 Å². The van der Waals surface area contributed by atoms with Crippen molar-refractivity contribution in [1.29, 1.82) is 0 Å². The summed E-state index contributed by atoms with van der Waals surface area (Å²) < 4.78 is 59.4. The van der Waals surface area contributed by atoms with Crippen LogP contribution in [0.2, 0.25) is 0 Å². The van der Waals surface area contributed by atoms with Crippen LogP contribution in [-0.4, -0.2) is 49.8 Å². The van der Waals surface area contributed by atoms with E-state index in [9.17, 15) is 16.8 Å². The molecule has 0 aromatic heterocycles. The zero-order valence-corrected chi connectivity index (χ0v) is 10.5. The van der Waals surface area contributed by atoms with E-state index < -0.39 is 31.0 Å². The van der Waals surface area contributed by atoms with Gasteiger partial charge in [-0.05, 0) is 13.8 Å². The van der Waals surface area contributed by atoms with Gasteiger partial charge in [0.25, 0.3) is 20.2 Å². The summed E-state index contributed by atoms with van der Waals surface area (Å²) in [5, 5.41) is 2.65. The van der Waals surface area contributed by atoms with Crippen molar-refractivity contribution in [3.63, 3.8) is 0 Å². The Morgan fingerprint density at radius 2 is 1.12 bits per heavy atom. The Morgan fingerprint density at radius 1 is 0.875 bits per heavy atom. The highest BCUT2D eigenvalue weighted by atomic mass is 32.2. The monoisotopic (exact) mass is 276 g/mol. The maximum Gasteiger partial charge on any atom is 0.280 e. The Labute approximate surface area is 94.9 Å². The molecule has 0 saturated heterocycles. The summed E-state index contributed by atoms with van der Waals surface area (Å²) in [5.74, 6) is 0. The molecule has 0 bridgehead atoms. The molecule has 0 heterocycles. The van der Waals surface area contributed by atoms with E-state index in [1.807, 2.05) is 0 Å². The first-order valence-electron chi connectivity index (χ1n) is 4.44. The predicted molar refractivity (Wildman–Crippen MR) is 58.0 cm³/mol. The van der Waals surface area contributed by atoms with E-state index in [1.165, 1.54) is 13.8 Å². The van der Waals surface area contributed by atoms with Crippen molar-refractivity contribution in [2.24, 2.45) is 0 Å². The van der Waals surface area contributed by atoms with Gasteiger partial charge in [0.1, 0.15) is 10.7 Å². The third-order valence-electron chi connectivity index (χ3n) is 1.88. The molecule has 10 heteroatoms. The highest BCUT2D eigenvalue weighted by Crippen LogP contribution is 1.93. The molecule has 0 fully saturated rings. The average Bonchev–Trinajstić information content (AvgIpc) is 2.08. The van der Waals surface area contributed by atoms with E-state index in [-0.39, 0.29) is 13.1 Å². The zero-order valence-electron chi connectivity index (χ0n) is 8.91. The SMILES string of the molecule is CC(NCCNC(C)S(=O)(=O)O)S(=O)(=O)O. The summed E-state index contributed by atoms with van der Waals surface area (Å²) in [7, 11) is -8.28. The van der Waals surface area contributed by atoms with Gasteiger partial charge in [0, 0.05) is 13.1 Å². The highest BCUT2D eigenvalue weighted by Gasteiger charge is 2.17. The van der Waals surface area contributed by atoms with Crippen molar-refractivity contribution in [2.75, 3.05) is 13.1 Å². The summed E-state index contributed by atoms with van der Waals surface area (Å²) in [6, 6.07) is 0. The van der Waals surface area contributed by atoms with E-state index in [1.54, 1.807) is 0 Å². The fourth-order valence-electron chi connectivity index (χ4n) is 0.761. The Kier molecular flexibility index (Phi) is 5.79. The molecule has 0 aromatic carbocycles. The standard InChI is InChI=1S/C6H16N2O6S2/c1-5(15(9,10)11)7-3-4-8-6(2)16(12,13)14/h5-8H,3-4H2,1-2H3,(H,9,10,11)(H,12,13,14). The van der Waals surface area contributed by atoms with Gasteiger partial charge in [-0.1, -0.05) is 0 Å². The lowest BCUT2D eigenvalue weighted by atomic mass is 10.5. The average molecular weight is 276 g/mol. The van der Waals surface area contributed by atoms with Crippen LogP contribution in [0.5, 0.6) is 0 Å². The lowest BCUT2D eigenvalue weighted by molar-refractivity contribution is 0.443. The van der Waals surface area contributed by atoms with E-state index in [0.717, 1.165) is 0 Å². The molecule has 0 aliphatic rings. The maximum atomic E-state index is 10.6. The van der Waals surface area contributed by atoms with Gasteiger partial charge in [-0.3, -0.25) is 19.7 Å². The molecule has 0 amide bonds. The van der Waals surface area contributed by atoms with Crippen molar-refractivity contribution in [2.45, 2.75) is 24.6 Å². The van der Waals surface area contributed by atoms with Crippen molar-refractivity contribution >= 4 is 20.2 Å². The van der Waals surface area contributed by atoms with E-state index in [0.29, 0.717) is 0 Å². The van der Waals surface area contributed by atoms with Crippen LogP contribution in [-0.2, 0) is 20.2 Å². The third kappa shape index (κ3) is 6.35. The van der Waals surface area contributed by atoms with Gasteiger partial charge >= 0.3 is 0 Å². The molecule has 0 saturated carbocycles. The number of hydrogen-bond donors (Lipinski definition) is 4. The Balaban J connectivity index is 3.87. The largest absolute Gasteiger partial charge is 0.298 e. The minimum atomic E-state index is -4.14. The van der Waals surface area contributed by atoms with E-state index in [2.05, 4.69) is 10.6 Å².